The first-order valence-corrected chi connectivity index (χ1v) is 7.11. The van der Waals surface area contributed by atoms with Gasteiger partial charge in [-0.25, -0.2) is 13.6 Å². The van der Waals surface area contributed by atoms with Crippen LogP contribution in [0.3, 0.4) is 0 Å². The van der Waals surface area contributed by atoms with Crippen LogP contribution >= 0.6 is 0 Å². The highest BCUT2D eigenvalue weighted by atomic mass is 32.2. The predicted octanol–water partition coefficient (Wildman–Crippen LogP) is 0.389. The van der Waals surface area contributed by atoms with E-state index in [1.807, 2.05) is 11.8 Å². The van der Waals surface area contributed by atoms with Crippen molar-refractivity contribution < 1.29 is 13.2 Å². The van der Waals surface area contributed by atoms with Crippen LogP contribution in [0.25, 0.3) is 0 Å². The molecule has 0 radical (unpaired) electrons. The van der Waals surface area contributed by atoms with Crippen molar-refractivity contribution in [3.8, 4) is 0 Å². The molecule has 1 aromatic rings. The maximum atomic E-state index is 11.2. The SMILES string of the molecule is CCN(CCOC)c1ccc(S(N)(=O)=O)cc1N. The summed E-state index contributed by atoms with van der Waals surface area (Å²) in [6.45, 7) is 4.00. The Kier molecular flexibility index (Phi) is 4.94. The number of benzene rings is 1. The van der Waals surface area contributed by atoms with Crippen LogP contribution in [0, 0.1) is 0 Å². The van der Waals surface area contributed by atoms with Gasteiger partial charge in [0.2, 0.25) is 10.0 Å². The maximum absolute atomic E-state index is 11.2. The number of hydrogen-bond acceptors (Lipinski definition) is 5. The second-order valence-electron chi connectivity index (χ2n) is 3.84. The highest BCUT2D eigenvalue weighted by molar-refractivity contribution is 7.89. The van der Waals surface area contributed by atoms with E-state index in [1.54, 1.807) is 13.2 Å². The van der Waals surface area contributed by atoms with Crippen molar-refractivity contribution in [2.24, 2.45) is 5.14 Å². The summed E-state index contributed by atoms with van der Waals surface area (Å²) in [5, 5.41) is 5.05. The van der Waals surface area contributed by atoms with Crippen LogP contribution in [0.4, 0.5) is 11.4 Å². The molecule has 0 amide bonds. The minimum absolute atomic E-state index is 0.0199. The van der Waals surface area contributed by atoms with E-state index >= 15 is 0 Å². The van der Waals surface area contributed by atoms with Gasteiger partial charge in [-0.1, -0.05) is 0 Å². The van der Waals surface area contributed by atoms with Crippen molar-refractivity contribution in [2.45, 2.75) is 11.8 Å². The summed E-state index contributed by atoms with van der Waals surface area (Å²) < 4.78 is 27.4. The van der Waals surface area contributed by atoms with Crippen molar-refractivity contribution in [1.29, 1.82) is 0 Å². The zero-order chi connectivity index (χ0) is 13.8. The van der Waals surface area contributed by atoms with E-state index in [0.29, 0.717) is 18.8 Å². The minimum atomic E-state index is -3.71. The zero-order valence-electron chi connectivity index (χ0n) is 10.6. The summed E-state index contributed by atoms with van der Waals surface area (Å²) in [6.07, 6.45) is 0. The summed E-state index contributed by atoms with van der Waals surface area (Å²) in [4.78, 5) is 2.03. The number of nitrogen functional groups attached to an aromatic ring is 1. The molecule has 0 spiro atoms. The quantitative estimate of drug-likeness (QED) is 0.730. The largest absolute Gasteiger partial charge is 0.397 e. The molecule has 0 saturated carbocycles. The molecule has 18 heavy (non-hydrogen) atoms. The third-order valence-corrected chi connectivity index (χ3v) is 3.53. The molecule has 1 aromatic carbocycles. The average Bonchev–Trinajstić information content (AvgIpc) is 2.30. The highest BCUT2D eigenvalue weighted by Gasteiger charge is 2.13. The van der Waals surface area contributed by atoms with E-state index in [1.165, 1.54) is 12.1 Å². The van der Waals surface area contributed by atoms with Gasteiger partial charge in [-0.2, -0.15) is 0 Å². The van der Waals surface area contributed by atoms with E-state index in [0.717, 1.165) is 12.2 Å². The lowest BCUT2D eigenvalue weighted by atomic mass is 10.2. The van der Waals surface area contributed by atoms with E-state index in [-0.39, 0.29) is 4.90 Å². The Morgan fingerprint density at radius 2 is 2.06 bits per heavy atom. The van der Waals surface area contributed by atoms with Gasteiger partial charge in [-0.05, 0) is 25.1 Å². The number of nitrogens with zero attached hydrogens (tertiary/aromatic N) is 1. The molecule has 0 aromatic heterocycles. The second kappa shape index (κ2) is 6.03. The third kappa shape index (κ3) is 3.59. The molecular weight excluding hydrogens is 254 g/mol. The Balaban J connectivity index is 3.04. The Labute approximate surface area is 108 Å². The number of ether oxygens (including phenoxy) is 1. The predicted molar refractivity (Wildman–Crippen MR) is 72.0 cm³/mol. The summed E-state index contributed by atoms with van der Waals surface area (Å²) >= 11 is 0. The molecule has 0 aliphatic carbocycles. The van der Waals surface area contributed by atoms with Crippen molar-refractivity contribution in [3.05, 3.63) is 18.2 Å². The number of likely N-dealkylation sites (N-methyl/N-ethyl adjacent to an activating group) is 1. The normalized spacial score (nSPS) is 11.5. The molecule has 1 rings (SSSR count). The van der Waals surface area contributed by atoms with E-state index in [9.17, 15) is 8.42 Å². The van der Waals surface area contributed by atoms with Crippen LogP contribution in [0.2, 0.25) is 0 Å². The molecule has 102 valence electrons. The summed E-state index contributed by atoms with van der Waals surface area (Å²) in [7, 11) is -2.09. The Morgan fingerprint density at radius 3 is 2.50 bits per heavy atom. The highest BCUT2D eigenvalue weighted by Crippen LogP contribution is 2.25. The van der Waals surface area contributed by atoms with Gasteiger partial charge in [0.05, 0.1) is 22.9 Å². The first-order chi connectivity index (χ1) is 8.40. The second-order valence-corrected chi connectivity index (χ2v) is 5.40. The van der Waals surface area contributed by atoms with Crippen LogP contribution in [-0.2, 0) is 14.8 Å². The molecule has 7 heteroatoms. The number of rotatable bonds is 6. The average molecular weight is 273 g/mol. The monoisotopic (exact) mass is 273 g/mol. The number of anilines is 2. The standard InChI is InChI=1S/C11H19N3O3S/c1-3-14(6-7-17-2)11-5-4-9(8-10(11)12)18(13,15)16/h4-5,8H,3,6-7,12H2,1-2H3,(H2,13,15,16). The summed E-state index contributed by atoms with van der Waals surface area (Å²) in [5.41, 5.74) is 7.03. The number of hydrogen-bond donors (Lipinski definition) is 2. The van der Waals surface area contributed by atoms with Crippen molar-refractivity contribution in [3.63, 3.8) is 0 Å². The van der Waals surface area contributed by atoms with Crippen LogP contribution in [0.1, 0.15) is 6.92 Å². The smallest absolute Gasteiger partial charge is 0.238 e. The molecule has 4 N–H and O–H groups in total. The minimum Gasteiger partial charge on any atom is -0.397 e. The first-order valence-electron chi connectivity index (χ1n) is 5.56. The molecular formula is C11H19N3O3S. The van der Waals surface area contributed by atoms with Crippen molar-refractivity contribution >= 4 is 21.4 Å². The van der Waals surface area contributed by atoms with E-state index in [4.69, 9.17) is 15.6 Å². The number of nitrogens with two attached hydrogens (primary N) is 2. The molecule has 0 saturated heterocycles. The van der Waals surface area contributed by atoms with Crippen LogP contribution in [-0.4, -0.2) is 35.2 Å². The molecule has 0 aliphatic heterocycles. The van der Waals surface area contributed by atoms with Crippen molar-refractivity contribution in [2.75, 3.05) is 37.4 Å². The van der Waals surface area contributed by atoms with Gasteiger partial charge in [0.1, 0.15) is 0 Å². The summed E-state index contributed by atoms with van der Waals surface area (Å²) in [5.74, 6) is 0. The van der Waals surface area contributed by atoms with Crippen LogP contribution < -0.4 is 15.8 Å². The fourth-order valence-corrected chi connectivity index (χ4v) is 2.20. The zero-order valence-corrected chi connectivity index (χ0v) is 11.4. The number of primary sulfonamides is 1. The van der Waals surface area contributed by atoms with Gasteiger partial charge in [0, 0.05) is 20.2 Å². The lowest BCUT2D eigenvalue weighted by Crippen LogP contribution is -2.27. The van der Waals surface area contributed by atoms with Gasteiger partial charge >= 0.3 is 0 Å². The molecule has 0 fully saturated rings. The first kappa shape index (κ1) is 14.7. The van der Waals surface area contributed by atoms with E-state index < -0.39 is 10.0 Å². The Morgan fingerprint density at radius 1 is 1.39 bits per heavy atom. The molecule has 0 atom stereocenters. The molecule has 0 heterocycles. The molecule has 0 unspecified atom stereocenters. The van der Waals surface area contributed by atoms with E-state index in [2.05, 4.69) is 0 Å². The fraction of sp³-hybridized carbons (Fsp3) is 0.455. The van der Waals surface area contributed by atoms with Gasteiger partial charge in [0.25, 0.3) is 0 Å². The van der Waals surface area contributed by atoms with Crippen molar-refractivity contribution in [1.82, 2.24) is 0 Å². The Hall–Kier alpha value is -1.31. The topological polar surface area (TPSA) is 98.6 Å². The van der Waals surface area contributed by atoms with Crippen LogP contribution in [0.15, 0.2) is 23.1 Å². The van der Waals surface area contributed by atoms with Crippen LogP contribution in [0.5, 0.6) is 0 Å². The Bertz CT molecular complexity index is 502. The summed E-state index contributed by atoms with van der Waals surface area (Å²) in [6, 6.07) is 4.49. The van der Waals surface area contributed by atoms with Gasteiger partial charge in [-0.3, -0.25) is 0 Å². The maximum Gasteiger partial charge on any atom is 0.238 e. The van der Waals surface area contributed by atoms with Gasteiger partial charge in [-0.15, -0.1) is 0 Å². The van der Waals surface area contributed by atoms with Gasteiger partial charge < -0.3 is 15.4 Å². The van der Waals surface area contributed by atoms with Gasteiger partial charge in [0.15, 0.2) is 0 Å². The molecule has 6 nitrogen and oxygen atoms in total. The number of sulfonamides is 1. The lowest BCUT2D eigenvalue weighted by Gasteiger charge is -2.24. The molecule has 0 aliphatic rings. The number of methoxy groups -OCH3 is 1. The third-order valence-electron chi connectivity index (χ3n) is 2.62. The fourth-order valence-electron chi connectivity index (χ4n) is 1.65. The molecule has 0 bridgehead atoms. The lowest BCUT2D eigenvalue weighted by molar-refractivity contribution is 0.205.